The zero-order valence-corrected chi connectivity index (χ0v) is 19.2. The summed E-state index contributed by atoms with van der Waals surface area (Å²) in [6.45, 7) is 0.776. The number of hydrogen-bond acceptors (Lipinski definition) is 7. The highest BCUT2D eigenvalue weighted by Crippen LogP contribution is 2.31. The molecular weight excluding hydrogens is 426 g/mol. The number of para-hydroxylation sites is 2. The van der Waals surface area contributed by atoms with Crippen molar-refractivity contribution in [3.05, 3.63) is 72.9 Å². The number of anilines is 3. The highest BCUT2D eigenvalue weighted by Gasteiger charge is 2.15. The molecule has 8 heteroatoms. The number of aliphatic hydroxyl groups excluding tert-OH is 1. The van der Waals surface area contributed by atoms with Crippen molar-refractivity contribution in [2.75, 3.05) is 31.3 Å². The fourth-order valence-electron chi connectivity index (χ4n) is 3.89. The molecule has 0 bridgehead atoms. The Bertz CT molecular complexity index is 1430. The van der Waals surface area contributed by atoms with Crippen molar-refractivity contribution in [3.63, 3.8) is 0 Å². The Morgan fingerprint density at radius 1 is 1.00 bits per heavy atom. The summed E-state index contributed by atoms with van der Waals surface area (Å²) < 4.78 is 0. The molecule has 1 unspecified atom stereocenters. The van der Waals surface area contributed by atoms with Gasteiger partial charge in [-0.1, -0.05) is 24.3 Å². The van der Waals surface area contributed by atoms with Gasteiger partial charge in [-0.2, -0.15) is 5.10 Å². The second kappa shape index (κ2) is 9.46. The van der Waals surface area contributed by atoms with Crippen molar-refractivity contribution in [2.45, 2.75) is 12.6 Å². The van der Waals surface area contributed by atoms with Crippen LogP contribution in [0.5, 0.6) is 0 Å². The van der Waals surface area contributed by atoms with E-state index in [2.05, 4.69) is 20.8 Å². The summed E-state index contributed by atoms with van der Waals surface area (Å²) in [5.74, 6) is 1.29. The molecule has 8 nitrogen and oxygen atoms in total. The van der Waals surface area contributed by atoms with Crippen LogP contribution in [0, 0.1) is 0 Å². The number of hydrogen-bond donors (Lipinski definition) is 4. The second-order valence-corrected chi connectivity index (χ2v) is 8.51. The topological polar surface area (TPSA) is 102 Å². The molecule has 34 heavy (non-hydrogen) atoms. The first-order valence-electron chi connectivity index (χ1n) is 11.2. The van der Waals surface area contributed by atoms with Crippen molar-refractivity contribution in [3.8, 4) is 11.4 Å². The molecule has 2 aromatic heterocycles. The molecule has 3 aromatic carbocycles. The first-order valence-corrected chi connectivity index (χ1v) is 11.2. The molecule has 0 amide bonds. The van der Waals surface area contributed by atoms with Crippen LogP contribution in [0.2, 0.25) is 0 Å². The van der Waals surface area contributed by atoms with Gasteiger partial charge in [-0.25, -0.2) is 9.97 Å². The molecule has 0 saturated carbocycles. The minimum absolute atomic E-state index is 0.577. The SMILES string of the molecule is CN(C)CCC(O)Nc1ccccc1-c1nc(Nc2ccc3[nH]ncc3c2)c2ccccc2n1. The Kier molecular flexibility index (Phi) is 6.07. The van der Waals surface area contributed by atoms with Crippen molar-refractivity contribution in [1.82, 2.24) is 25.1 Å². The summed E-state index contributed by atoms with van der Waals surface area (Å²) >= 11 is 0. The maximum Gasteiger partial charge on any atom is 0.164 e. The summed E-state index contributed by atoms with van der Waals surface area (Å²) in [6.07, 6.45) is 1.72. The lowest BCUT2D eigenvalue weighted by molar-refractivity contribution is 0.178. The van der Waals surface area contributed by atoms with E-state index in [9.17, 15) is 5.11 Å². The fourth-order valence-corrected chi connectivity index (χ4v) is 3.89. The Morgan fingerprint density at radius 2 is 1.82 bits per heavy atom. The summed E-state index contributed by atoms with van der Waals surface area (Å²) in [7, 11) is 3.98. The van der Waals surface area contributed by atoms with Gasteiger partial charge in [-0.3, -0.25) is 5.10 Å². The predicted octanol–water partition coefficient (Wildman–Crippen LogP) is 4.60. The first kappa shape index (κ1) is 21.8. The Labute approximate surface area is 197 Å². The summed E-state index contributed by atoms with van der Waals surface area (Å²) in [5.41, 5.74) is 4.34. The summed E-state index contributed by atoms with van der Waals surface area (Å²) in [5, 5.41) is 26.2. The molecule has 0 spiro atoms. The third kappa shape index (κ3) is 4.68. The normalized spacial score (nSPS) is 12.4. The highest BCUT2D eigenvalue weighted by atomic mass is 16.3. The van der Waals surface area contributed by atoms with Crippen LogP contribution in [0.15, 0.2) is 72.9 Å². The van der Waals surface area contributed by atoms with Gasteiger partial charge in [0.25, 0.3) is 0 Å². The van der Waals surface area contributed by atoms with Gasteiger partial charge in [0.1, 0.15) is 12.0 Å². The van der Waals surface area contributed by atoms with E-state index in [0.29, 0.717) is 18.1 Å². The average molecular weight is 454 g/mol. The lowest BCUT2D eigenvalue weighted by Gasteiger charge is -2.19. The predicted molar refractivity (Wildman–Crippen MR) is 137 cm³/mol. The number of rotatable bonds is 8. The number of nitrogens with one attached hydrogen (secondary N) is 3. The third-order valence-corrected chi connectivity index (χ3v) is 5.65. The number of benzene rings is 3. The van der Waals surface area contributed by atoms with Crippen LogP contribution in [-0.2, 0) is 0 Å². The molecule has 5 aromatic rings. The quantitative estimate of drug-likeness (QED) is 0.255. The van der Waals surface area contributed by atoms with E-state index in [1.54, 1.807) is 6.20 Å². The molecule has 5 rings (SSSR count). The van der Waals surface area contributed by atoms with Gasteiger partial charge in [0.15, 0.2) is 5.82 Å². The number of nitrogens with zero attached hydrogens (tertiary/aromatic N) is 4. The van der Waals surface area contributed by atoms with E-state index >= 15 is 0 Å². The number of aliphatic hydroxyl groups is 1. The van der Waals surface area contributed by atoms with Gasteiger partial charge < -0.3 is 20.6 Å². The minimum Gasteiger partial charge on any atom is -0.374 e. The van der Waals surface area contributed by atoms with E-state index in [4.69, 9.17) is 9.97 Å². The van der Waals surface area contributed by atoms with Crippen molar-refractivity contribution >= 4 is 39.0 Å². The second-order valence-electron chi connectivity index (χ2n) is 8.51. The number of aromatic nitrogens is 4. The number of fused-ring (bicyclic) bond motifs is 2. The molecule has 0 aliphatic heterocycles. The van der Waals surface area contributed by atoms with Crippen LogP contribution in [0.4, 0.5) is 17.2 Å². The van der Waals surface area contributed by atoms with Crippen molar-refractivity contribution in [2.24, 2.45) is 0 Å². The molecular formula is C26H27N7O. The first-order chi connectivity index (χ1) is 16.6. The van der Waals surface area contributed by atoms with E-state index < -0.39 is 6.23 Å². The Morgan fingerprint density at radius 3 is 2.71 bits per heavy atom. The number of aromatic amines is 1. The molecule has 0 aliphatic carbocycles. The van der Waals surface area contributed by atoms with E-state index in [-0.39, 0.29) is 0 Å². The zero-order chi connectivity index (χ0) is 23.5. The minimum atomic E-state index is -0.678. The zero-order valence-electron chi connectivity index (χ0n) is 19.2. The van der Waals surface area contributed by atoms with Crippen molar-refractivity contribution < 1.29 is 5.11 Å². The Hall–Kier alpha value is -4.01. The molecule has 1 atom stereocenters. The van der Waals surface area contributed by atoms with E-state index in [1.165, 1.54) is 0 Å². The average Bonchev–Trinajstić information content (AvgIpc) is 3.31. The monoisotopic (exact) mass is 453 g/mol. The smallest absolute Gasteiger partial charge is 0.164 e. The fraction of sp³-hybridized carbons (Fsp3) is 0.192. The highest BCUT2D eigenvalue weighted by molar-refractivity contribution is 5.94. The molecule has 0 saturated heterocycles. The molecule has 0 fully saturated rings. The van der Waals surface area contributed by atoms with Crippen LogP contribution in [0.1, 0.15) is 6.42 Å². The van der Waals surface area contributed by atoms with Crippen molar-refractivity contribution in [1.29, 1.82) is 0 Å². The van der Waals surface area contributed by atoms with Crippen LogP contribution in [0.25, 0.3) is 33.2 Å². The Balaban J connectivity index is 1.52. The van der Waals surface area contributed by atoms with Gasteiger partial charge in [0.2, 0.25) is 0 Å². The van der Waals surface area contributed by atoms with Gasteiger partial charge in [0.05, 0.1) is 17.2 Å². The van der Waals surface area contributed by atoms with Gasteiger partial charge in [0, 0.05) is 40.7 Å². The maximum atomic E-state index is 10.5. The van der Waals surface area contributed by atoms with Crippen LogP contribution in [-0.4, -0.2) is 57.0 Å². The summed E-state index contributed by atoms with van der Waals surface area (Å²) in [6, 6.07) is 21.7. The summed E-state index contributed by atoms with van der Waals surface area (Å²) in [4.78, 5) is 11.8. The molecule has 172 valence electrons. The molecule has 2 heterocycles. The van der Waals surface area contributed by atoms with E-state index in [1.807, 2.05) is 85.7 Å². The van der Waals surface area contributed by atoms with Crippen LogP contribution < -0.4 is 10.6 Å². The lowest BCUT2D eigenvalue weighted by Crippen LogP contribution is -2.25. The largest absolute Gasteiger partial charge is 0.374 e. The van der Waals surface area contributed by atoms with Gasteiger partial charge >= 0.3 is 0 Å². The van der Waals surface area contributed by atoms with Gasteiger partial charge in [-0.15, -0.1) is 0 Å². The molecule has 0 aliphatic rings. The van der Waals surface area contributed by atoms with Gasteiger partial charge in [-0.05, 0) is 56.6 Å². The maximum absolute atomic E-state index is 10.5. The number of H-pyrrole nitrogens is 1. The molecule has 4 N–H and O–H groups in total. The third-order valence-electron chi connectivity index (χ3n) is 5.65. The van der Waals surface area contributed by atoms with Crippen LogP contribution >= 0.6 is 0 Å². The standard InChI is InChI=1S/C26H27N7O/c1-33(2)14-13-24(34)29-22-9-5-3-7-19(22)26-30-23-10-6-4-8-20(23)25(31-26)28-18-11-12-21-17(15-18)16-27-32-21/h3-12,15-16,24,29,34H,13-14H2,1-2H3,(H,27,32)(H,28,30,31). The molecule has 0 radical (unpaired) electrons. The van der Waals surface area contributed by atoms with Crippen LogP contribution in [0.3, 0.4) is 0 Å². The lowest BCUT2D eigenvalue weighted by atomic mass is 10.1. The van der Waals surface area contributed by atoms with E-state index in [0.717, 1.165) is 45.3 Å².